The summed E-state index contributed by atoms with van der Waals surface area (Å²) in [6, 6.07) is 0.0163. The van der Waals surface area contributed by atoms with Crippen LogP contribution >= 0.6 is 0 Å². The summed E-state index contributed by atoms with van der Waals surface area (Å²) in [4.78, 5) is 13.2. The molecule has 2 amide bonds. The van der Waals surface area contributed by atoms with Gasteiger partial charge in [-0.25, -0.2) is 4.79 Å². The minimum absolute atomic E-state index is 0.0163. The molecule has 1 N–H and O–H groups in total. The molecule has 2 aliphatic heterocycles. The van der Waals surface area contributed by atoms with Gasteiger partial charge in [-0.05, 0) is 25.7 Å². The van der Waals surface area contributed by atoms with E-state index in [1.165, 1.54) is 0 Å². The molecule has 5 heteroatoms. The second-order valence-corrected chi connectivity index (χ2v) is 4.71. The molecule has 0 aromatic heterocycles. The predicted molar refractivity (Wildman–Crippen MR) is 64.0 cm³/mol. The molecule has 98 valence electrons. The zero-order chi connectivity index (χ0) is 12.1. The van der Waals surface area contributed by atoms with Gasteiger partial charge in [0, 0.05) is 26.7 Å². The Balaban J connectivity index is 1.63. The Bertz CT molecular complexity index is 246. The van der Waals surface area contributed by atoms with Crippen molar-refractivity contribution >= 4 is 6.03 Å². The minimum atomic E-state index is 0.0163. The lowest BCUT2D eigenvalue weighted by Crippen LogP contribution is -2.45. The number of ether oxygens (including phenoxy) is 2. The smallest absolute Gasteiger partial charge is 0.317 e. The molecule has 0 bridgehead atoms. The van der Waals surface area contributed by atoms with E-state index in [0.717, 1.165) is 45.4 Å². The standard InChI is InChI=1S/C12H22N2O3/c1-13-12(15)14-6-4-10(5-7-14)17-9-11-3-2-8-16-11/h10-11H,2-9H2,1H3,(H,13,15). The maximum absolute atomic E-state index is 11.4. The quantitative estimate of drug-likeness (QED) is 0.803. The SMILES string of the molecule is CNC(=O)N1CCC(OCC2CCCO2)CC1. The average molecular weight is 242 g/mol. The van der Waals surface area contributed by atoms with E-state index in [2.05, 4.69) is 5.32 Å². The minimum Gasteiger partial charge on any atom is -0.376 e. The van der Waals surface area contributed by atoms with Crippen molar-refractivity contribution in [3.8, 4) is 0 Å². The molecule has 0 radical (unpaired) electrons. The molecular weight excluding hydrogens is 220 g/mol. The van der Waals surface area contributed by atoms with Crippen LogP contribution in [0.2, 0.25) is 0 Å². The van der Waals surface area contributed by atoms with Crippen LogP contribution in [-0.2, 0) is 9.47 Å². The molecule has 1 unspecified atom stereocenters. The van der Waals surface area contributed by atoms with Crippen molar-refractivity contribution in [3.63, 3.8) is 0 Å². The number of hydrogen-bond acceptors (Lipinski definition) is 3. The average Bonchev–Trinajstić information content (AvgIpc) is 2.89. The van der Waals surface area contributed by atoms with Crippen LogP contribution in [0.1, 0.15) is 25.7 Å². The third kappa shape index (κ3) is 3.57. The number of rotatable bonds is 3. The normalized spacial score (nSPS) is 26.2. The van der Waals surface area contributed by atoms with Gasteiger partial charge in [-0.3, -0.25) is 0 Å². The lowest BCUT2D eigenvalue weighted by atomic mass is 10.1. The second-order valence-electron chi connectivity index (χ2n) is 4.71. The van der Waals surface area contributed by atoms with E-state index in [0.29, 0.717) is 18.8 Å². The van der Waals surface area contributed by atoms with Gasteiger partial charge in [-0.1, -0.05) is 0 Å². The Morgan fingerprint density at radius 1 is 1.41 bits per heavy atom. The van der Waals surface area contributed by atoms with E-state index in [1.54, 1.807) is 7.05 Å². The number of amides is 2. The van der Waals surface area contributed by atoms with Crippen molar-refractivity contribution < 1.29 is 14.3 Å². The zero-order valence-corrected chi connectivity index (χ0v) is 10.5. The van der Waals surface area contributed by atoms with Gasteiger partial charge in [0.15, 0.2) is 0 Å². The fraction of sp³-hybridized carbons (Fsp3) is 0.917. The first kappa shape index (κ1) is 12.6. The fourth-order valence-corrected chi connectivity index (χ4v) is 2.40. The van der Waals surface area contributed by atoms with Crippen molar-refractivity contribution in [2.45, 2.75) is 37.9 Å². The maximum atomic E-state index is 11.4. The van der Waals surface area contributed by atoms with Crippen molar-refractivity contribution in [1.29, 1.82) is 0 Å². The molecule has 0 saturated carbocycles. The van der Waals surface area contributed by atoms with E-state index in [4.69, 9.17) is 9.47 Å². The van der Waals surface area contributed by atoms with E-state index < -0.39 is 0 Å². The van der Waals surface area contributed by atoms with Gasteiger partial charge in [-0.15, -0.1) is 0 Å². The van der Waals surface area contributed by atoms with Gasteiger partial charge >= 0.3 is 6.03 Å². The third-order valence-corrected chi connectivity index (χ3v) is 3.48. The Labute approximate surface area is 102 Å². The van der Waals surface area contributed by atoms with E-state index in [-0.39, 0.29) is 6.03 Å². The molecule has 2 rings (SSSR count). The number of carbonyl (C=O) groups is 1. The van der Waals surface area contributed by atoms with Crippen LogP contribution in [-0.4, -0.2) is 56.5 Å². The van der Waals surface area contributed by atoms with Crippen molar-refractivity contribution in [1.82, 2.24) is 10.2 Å². The Morgan fingerprint density at radius 3 is 2.76 bits per heavy atom. The summed E-state index contributed by atoms with van der Waals surface area (Å²) in [5.74, 6) is 0. The number of hydrogen-bond donors (Lipinski definition) is 1. The van der Waals surface area contributed by atoms with Crippen LogP contribution in [0.15, 0.2) is 0 Å². The van der Waals surface area contributed by atoms with Crippen LogP contribution in [0, 0.1) is 0 Å². The molecule has 2 fully saturated rings. The topological polar surface area (TPSA) is 50.8 Å². The van der Waals surface area contributed by atoms with Crippen molar-refractivity contribution in [3.05, 3.63) is 0 Å². The van der Waals surface area contributed by atoms with E-state index in [1.807, 2.05) is 4.90 Å². The Hall–Kier alpha value is -0.810. The lowest BCUT2D eigenvalue weighted by Gasteiger charge is -2.32. The molecule has 0 aromatic rings. The summed E-state index contributed by atoms with van der Waals surface area (Å²) in [6.45, 7) is 3.17. The van der Waals surface area contributed by atoms with Gasteiger partial charge in [0.1, 0.15) is 0 Å². The molecule has 2 saturated heterocycles. The fourth-order valence-electron chi connectivity index (χ4n) is 2.40. The summed E-state index contributed by atoms with van der Waals surface area (Å²) in [7, 11) is 1.67. The molecule has 1 atom stereocenters. The van der Waals surface area contributed by atoms with Crippen LogP contribution in [0.25, 0.3) is 0 Å². The molecule has 5 nitrogen and oxygen atoms in total. The maximum Gasteiger partial charge on any atom is 0.317 e. The van der Waals surface area contributed by atoms with E-state index >= 15 is 0 Å². The highest BCUT2D eigenvalue weighted by Crippen LogP contribution is 2.17. The first-order valence-corrected chi connectivity index (χ1v) is 6.49. The molecule has 0 aliphatic carbocycles. The first-order chi connectivity index (χ1) is 8.29. The lowest BCUT2D eigenvalue weighted by molar-refractivity contribution is -0.0381. The molecule has 17 heavy (non-hydrogen) atoms. The number of piperidine rings is 1. The largest absolute Gasteiger partial charge is 0.376 e. The van der Waals surface area contributed by atoms with Crippen LogP contribution in [0.4, 0.5) is 4.79 Å². The van der Waals surface area contributed by atoms with Crippen LogP contribution in [0.5, 0.6) is 0 Å². The van der Waals surface area contributed by atoms with Gasteiger partial charge < -0.3 is 19.7 Å². The molecule has 0 spiro atoms. The third-order valence-electron chi connectivity index (χ3n) is 3.48. The molecule has 0 aromatic carbocycles. The van der Waals surface area contributed by atoms with Crippen molar-refractivity contribution in [2.75, 3.05) is 33.4 Å². The highest BCUT2D eigenvalue weighted by molar-refractivity contribution is 5.73. The number of carbonyl (C=O) groups excluding carboxylic acids is 1. The number of likely N-dealkylation sites (tertiary alicyclic amines) is 1. The monoisotopic (exact) mass is 242 g/mol. The predicted octanol–water partition coefficient (Wildman–Crippen LogP) is 0.986. The zero-order valence-electron chi connectivity index (χ0n) is 10.5. The Morgan fingerprint density at radius 2 is 2.18 bits per heavy atom. The van der Waals surface area contributed by atoms with Crippen molar-refractivity contribution in [2.24, 2.45) is 0 Å². The summed E-state index contributed by atoms with van der Waals surface area (Å²) < 4.78 is 11.4. The summed E-state index contributed by atoms with van der Waals surface area (Å²) >= 11 is 0. The molecule has 2 heterocycles. The molecular formula is C12H22N2O3. The van der Waals surface area contributed by atoms with Gasteiger partial charge in [-0.2, -0.15) is 0 Å². The first-order valence-electron chi connectivity index (χ1n) is 6.49. The summed E-state index contributed by atoms with van der Waals surface area (Å²) in [6.07, 6.45) is 4.73. The van der Waals surface area contributed by atoms with E-state index in [9.17, 15) is 4.79 Å². The molecule has 2 aliphatic rings. The van der Waals surface area contributed by atoms with Gasteiger partial charge in [0.05, 0.1) is 18.8 Å². The number of nitrogens with zero attached hydrogens (tertiary/aromatic N) is 1. The highest BCUT2D eigenvalue weighted by atomic mass is 16.5. The van der Waals surface area contributed by atoms with Crippen LogP contribution in [0.3, 0.4) is 0 Å². The number of urea groups is 1. The highest BCUT2D eigenvalue weighted by Gasteiger charge is 2.24. The van der Waals surface area contributed by atoms with Gasteiger partial charge in [0.25, 0.3) is 0 Å². The summed E-state index contributed by atoms with van der Waals surface area (Å²) in [5.41, 5.74) is 0. The Kier molecular flexibility index (Phi) is 4.62. The second kappa shape index (κ2) is 6.21. The summed E-state index contributed by atoms with van der Waals surface area (Å²) in [5, 5.41) is 2.65. The number of nitrogens with one attached hydrogen (secondary N) is 1. The van der Waals surface area contributed by atoms with Crippen LogP contribution < -0.4 is 5.32 Å². The van der Waals surface area contributed by atoms with Gasteiger partial charge in [0.2, 0.25) is 0 Å².